The van der Waals surface area contributed by atoms with Gasteiger partial charge < -0.3 is 0 Å². The van der Waals surface area contributed by atoms with Gasteiger partial charge in [-0.2, -0.15) is 6.32 Å². The first-order valence-corrected chi connectivity index (χ1v) is 5.67. The number of halogens is 4. The van der Waals surface area contributed by atoms with Crippen LogP contribution in [-0.2, 0) is 0 Å². The molecule has 1 rings (SSSR count). The van der Waals surface area contributed by atoms with E-state index >= 15 is 0 Å². The molecule has 0 N–H and O–H groups in total. The monoisotopic (exact) mass is 233 g/mol. The average molecular weight is 233 g/mol. The summed E-state index contributed by atoms with van der Waals surface area (Å²) in [7, 11) is -1.14. The van der Waals surface area contributed by atoms with Crippen molar-refractivity contribution in [3.63, 3.8) is 0 Å². The Labute approximate surface area is 92.9 Å². The number of rotatable bonds is 4. The van der Waals surface area contributed by atoms with Crippen molar-refractivity contribution in [2.45, 2.75) is 33.0 Å². The van der Waals surface area contributed by atoms with E-state index in [1.165, 1.54) is 0 Å². The summed E-state index contributed by atoms with van der Waals surface area (Å²) in [6, 6.07) is 0. The summed E-state index contributed by atoms with van der Waals surface area (Å²) in [4.78, 5) is 0. The summed E-state index contributed by atoms with van der Waals surface area (Å²) in [6.07, 6.45) is 2.38. The summed E-state index contributed by atoms with van der Waals surface area (Å²) >= 11 is 0. The number of hydrogen-bond donors (Lipinski definition) is 0. The van der Waals surface area contributed by atoms with Crippen LogP contribution in [0, 0.1) is 30.2 Å². The topological polar surface area (TPSA) is 0 Å². The molecule has 0 fully saturated rings. The van der Waals surface area contributed by atoms with Gasteiger partial charge in [0.2, 0.25) is 0 Å². The highest BCUT2D eigenvalue weighted by atomic mass is 19.2. The van der Waals surface area contributed by atoms with Gasteiger partial charge in [-0.05, 0) is 6.92 Å². The SMILES string of the molecule is CCCC[BH2-]c1c(F)c(F)c(C)c(F)c1F. The molecular weight excluding hydrogens is 219 g/mol. The molecule has 0 unspecified atom stereocenters. The fraction of sp³-hybridized carbons (Fsp3) is 0.455. The molecule has 0 nitrogen and oxygen atoms in total. The largest absolute Gasteiger partial charge is 0.207 e. The van der Waals surface area contributed by atoms with Crippen LogP contribution in [0.5, 0.6) is 0 Å². The Morgan fingerprint density at radius 1 is 0.938 bits per heavy atom. The molecule has 0 aromatic heterocycles. The zero-order valence-electron chi connectivity index (χ0n) is 9.63. The standard InChI is InChI=1S/C11H14BF4/c1-3-4-5-12-7-10(15)8(13)6(2)9(14)11(7)16/h3-5,12H2,1-2H3/q-1. The molecule has 0 heterocycles. The quantitative estimate of drug-likeness (QED) is 0.324. The first kappa shape index (κ1) is 13.1. The van der Waals surface area contributed by atoms with E-state index in [4.69, 9.17) is 0 Å². The second-order valence-corrected chi connectivity index (χ2v) is 4.21. The maximum Gasteiger partial charge on any atom is 0.161 e. The zero-order chi connectivity index (χ0) is 12.3. The van der Waals surface area contributed by atoms with Crippen molar-refractivity contribution < 1.29 is 17.6 Å². The zero-order valence-corrected chi connectivity index (χ0v) is 9.63. The van der Waals surface area contributed by atoms with Crippen LogP contribution in [0.2, 0.25) is 6.32 Å². The molecule has 0 aliphatic heterocycles. The third-order valence-corrected chi connectivity index (χ3v) is 3.01. The van der Waals surface area contributed by atoms with Crippen molar-refractivity contribution in [2.75, 3.05) is 0 Å². The van der Waals surface area contributed by atoms with Crippen LogP contribution < -0.4 is 5.46 Å². The molecule has 0 saturated carbocycles. The molecule has 0 saturated heterocycles. The van der Waals surface area contributed by atoms with Crippen molar-refractivity contribution in [1.29, 1.82) is 0 Å². The lowest BCUT2D eigenvalue weighted by atomic mass is 9.65. The average Bonchev–Trinajstić information content (AvgIpc) is 2.28. The van der Waals surface area contributed by atoms with Crippen LogP contribution >= 0.6 is 0 Å². The first-order valence-electron chi connectivity index (χ1n) is 5.67. The molecular formula is C11H14BF4-. The van der Waals surface area contributed by atoms with E-state index in [9.17, 15) is 17.6 Å². The van der Waals surface area contributed by atoms with Crippen molar-refractivity contribution in [2.24, 2.45) is 0 Å². The Hall–Kier alpha value is -0.995. The van der Waals surface area contributed by atoms with Gasteiger partial charge in [0.15, 0.2) is 11.6 Å². The summed E-state index contributed by atoms with van der Waals surface area (Å²) in [6.45, 7) is 2.99. The highest BCUT2D eigenvalue weighted by Gasteiger charge is 2.18. The van der Waals surface area contributed by atoms with Gasteiger partial charge in [0.1, 0.15) is 11.6 Å². The van der Waals surface area contributed by atoms with E-state index in [2.05, 4.69) is 0 Å². The summed E-state index contributed by atoms with van der Waals surface area (Å²) < 4.78 is 53.1. The minimum absolute atomic E-state index is 0.353. The van der Waals surface area contributed by atoms with Crippen LogP contribution in [0.3, 0.4) is 0 Å². The van der Waals surface area contributed by atoms with E-state index in [-0.39, 0.29) is 5.46 Å². The van der Waals surface area contributed by atoms with Gasteiger partial charge in [0.25, 0.3) is 0 Å². The van der Waals surface area contributed by atoms with E-state index in [0.29, 0.717) is 6.32 Å². The Morgan fingerprint density at radius 2 is 1.44 bits per heavy atom. The van der Waals surface area contributed by atoms with Gasteiger partial charge >= 0.3 is 0 Å². The molecule has 0 amide bonds. The van der Waals surface area contributed by atoms with Crippen molar-refractivity contribution in [3.05, 3.63) is 28.8 Å². The lowest BCUT2D eigenvalue weighted by Crippen LogP contribution is -2.26. The number of hydrogen-bond acceptors (Lipinski definition) is 0. The molecule has 0 bridgehead atoms. The summed E-state index contributed by atoms with van der Waals surface area (Å²) in [5.41, 5.74) is -0.935. The minimum atomic E-state index is -1.26. The second-order valence-electron chi connectivity index (χ2n) is 4.21. The lowest BCUT2D eigenvalue weighted by Gasteiger charge is -2.13. The molecule has 90 valence electrons. The molecule has 1 aromatic carbocycles. The van der Waals surface area contributed by atoms with E-state index in [1.807, 2.05) is 6.92 Å². The van der Waals surface area contributed by atoms with Gasteiger partial charge in [-0.3, -0.25) is 0 Å². The van der Waals surface area contributed by atoms with Gasteiger partial charge in [-0.1, -0.05) is 19.8 Å². The van der Waals surface area contributed by atoms with Gasteiger partial charge in [0, 0.05) is 12.8 Å². The number of unbranched alkanes of at least 4 members (excludes halogenated alkanes) is 1. The Morgan fingerprint density at radius 3 is 1.88 bits per heavy atom. The maximum atomic E-state index is 13.4. The number of benzene rings is 1. The third kappa shape index (κ3) is 2.39. The van der Waals surface area contributed by atoms with Crippen LogP contribution in [-0.4, -0.2) is 7.28 Å². The third-order valence-electron chi connectivity index (χ3n) is 3.01. The van der Waals surface area contributed by atoms with Gasteiger partial charge in [0.05, 0.1) is 0 Å². The molecule has 16 heavy (non-hydrogen) atoms. The molecule has 0 spiro atoms. The van der Waals surface area contributed by atoms with E-state index in [0.717, 1.165) is 19.8 Å². The van der Waals surface area contributed by atoms with Crippen LogP contribution in [0.25, 0.3) is 0 Å². The molecule has 0 aliphatic rings. The fourth-order valence-corrected chi connectivity index (χ4v) is 1.94. The summed E-state index contributed by atoms with van der Waals surface area (Å²) in [5.74, 6) is -4.91. The highest BCUT2D eigenvalue weighted by Crippen LogP contribution is 2.16. The minimum Gasteiger partial charge on any atom is -0.207 e. The van der Waals surface area contributed by atoms with Crippen molar-refractivity contribution >= 4 is 12.7 Å². The van der Waals surface area contributed by atoms with Gasteiger partial charge in [-0.25, -0.2) is 17.6 Å². The first-order chi connectivity index (χ1) is 7.50. The fourth-order valence-electron chi connectivity index (χ4n) is 1.94. The van der Waals surface area contributed by atoms with Crippen molar-refractivity contribution in [3.8, 4) is 0 Å². The summed E-state index contributed by atoms with van der Waals surface area (Å²) in [5, 5.41) is 0. The van der Waals surface area contributed by atoms with Gasteiger partial charge in [-0.15, -0.1) is 5.46 Å². The lowest BCUT2D eigenvalue weighted by molar-refractivity contribution is 0.454. The maximum absolute atomic E-state index is 13.4. The molecule has 0 atom stereocenters. The predicted octanol–water partition coefficient (Wildman–Crippen LogP) is 2.56. The van der Waals surface area contributed by atoms with Crippen LogP contribution in [0.15, 0.2) is 0 Å². The molecule has 5 heteroatoms. The Bertz CT molecular complexity index is 361. The van der Waals surface area contributed by atoms with Crippen LogP contribution in [0.1, 0.15) is 25.3 Å². The highest BCUT2D eigenvalue weighted by molar-refractivity contribution is 6.53. The van der Waals surface area contributed by atoms with E-state index < -0.39 is 36.1 Å². The normalized spacial score (nSPS) is 10.9. The second kappa shape index (κ2) is 5.37. The van der Waals surface area contributed by atoms with Crippen LogP contribution in [0.4, 0.5) is 17.6 Å². The smallest absolute Gasteiger partial charge is 0.161 e. The molecule has 0 radical (unpaired) electrons. The van der Waals surface area contributed by atoms with E-state index in [1.54, 1.807) is 0 Å². The molecule has 1 aromatic rings. The van der Waals surface area contributed by atoms with Crippen molar-refractivity contribution in [1.82, 2.24) is 0 Å². The predicted molar refractivity (Wildman–Crippen MR) is 58.9 cm³/mol. The Balaban J connectivity index is 3.08. The molecule has 0 aliphatic carbocycles. The Kier molecular flexibility index (Phi) is 4.39.